The molecule has 2 N–H and O–H groups in total. The molecule has 0 saturated heterocycles. The molecule has 0 aliphatic carbocycles. The first-order chi connectivity index (χ1) is 11.3. The van der Waals surface area contributed by atoms with Gasteiger partial charge in [0.1, 0.15) is 5.75 Å². The fourth-order valence-corrected chi connectivity index (χ4v) is 2.15. The molecule has 3 rings (SSSR count). The molecule has 23 heavy (non-hydrogen) atoms. The number of nitrogens with one attached hydrogen (secondary N) is 2. The van der Waals surface area contributed by atoms with E-state index in [1.165, 1.54) is 6.26 Å². The van der Waals surface area contributed by atoms with Crippen LogP contribution in [0.1, 0.15) is 10.6 Å². The van der Waals surface area contributed by atoms with Crippen LogP contribution in [0.4, 0.5) is 17.1 Å². The van der Waals surface area contributed by atoms with Gasteiger partial charge in [-0.2, -0.15) is 0 Å². The van der Waals surface area contributed by atoms with Crippen molar-refractivity contribution in [3.63, 3.8) is 0 Å². The molecule has 0 bridgehead atoms. The second-order valence-electron chi connectivity index (χ2n) is 4.84. The zero-order valence-electron chi connectivity index (χ0n) is 12.6. The summed E-state index contributed by atoms with van der Waals surface area (Å²) in [5, 5.41) is 6.04. The molecular weight excluding hydrogens is 292 g/mol. The van der Waals surface area contributed by atoms with Gasteiger partial charge in [0, 0.05) is 17.4 Å². The number of ether oxygens (including phenoxy) is 1. The zero-order chi connectivity index (χ0) is 16.1. The Balaban J connectivity index is 1.78. The third kappa shape index (κ3) is 3.52. The van der Waals surface area contributed by atoms with Crippen LogP contribution in [0.25, 0.3) is 0 Å². The van der Waals surface area contributed by atoms with E-state index in [0.717, 1.165) is 11.4 Å². The van der Waals surface area contributed by atoms with Crippen molar-refractivity contribution in [1.82, 2.24) is 0 Å². The Hall–Kier alpha value is -3.21. The van der Waals surface area contributed by atoms with Crippen molar-refractivity contribution in [3.05, 3.63) is 72.7 Å². The third-order valence-corrected chi connectivity index (χ3v) is 3.26. The summed E-state index contributed by atoms with van der Waals surface area (Å²) in [6.45, 7) is 0. The van der Waals surface area contributed by atoms with E-state index in [0.29, 0.717) is 11.4 Å². The number of amides is 1. The van der Waals surface area contributed by atoms with Crippen molar-refractivity contribution < 1.29 is 13.9 Å². The first kappa shape index (κ1) is 14.7. The van der Waals surface area contributed by atoms with Crippen LogP contribution in [0.15, 0.2) is 71.3 Å². The topological polar surface area (TPSA) is 63.5 Å². The summed E-state index contributed by atoms with van der Waals surface area (Å²) in [5.41, 5.74) is 2.42. The summed E-state index contributed by atoms with van der Waals surface area (Å²) in [5.74, 6) is 0.487. The molecule has 0 saturated carbocycles. The normalized spacial score (nSPS) is 10.1. The molecule has 5 nitrogen and oxygen atoms in total. The highest BCUT2D eigenvalue weighted by Crippen LogP contribution is 2.29. The van der Waals surface area contributed by atoms with Gasteiger partial charge in [-0.15, -0.1) is 0 Å². The third-order valence-electron chi connectivity index (χ3n) is 3.26. The average molecular weight is 308 g/mol. The van der Waals surface area contributed by atoms with Crippen LogP contribution in [0.5, 0.6) is 5.75 Å². The number of anilines is 3. The van der Waals surface area contributed by atoms with Crippen LogP contribution in [-0.2, 0) is 0 Å². The smallest absolute Gasteiger partial charge is 0.291 e. The largest absolute Gasteiger partial charge is 0.494 e. The lowest BCUT2D eigenvalue weighted by molar-refractivity contribution is 0.0996. The summed E-state index contributed by atoms with van der Waals surface area (Å²) in [7, 11) is 1.56. The minimum Gasteiger partial charge on any atom is -0.494 e. The van der Waals surface area contributed by atoms with E-state index in [1.807, 2.05) is 42.5 Å². The number of carbonyl (C=O) groups excluding carboxylic acids is 1. The fourth-order valence-electron chi connectivity index (χ4n) is 2.15. The van der Waals surface area contributed by atoms with Crippen molar-refractivity contribution in [2.45, 2.75) is 0 Å². The summed E-state index contributed by atoms with van der Waals surface area (Å²) in [4.78, 5) is 12.0. The number of furan rings is 1. The van der Waals surface area contributed by atoms with E-state index >= 15 is 0 Å². The first-order valence-electron chi connectivity index (χ1n) is 7.11. The lowest BCUT2D eigenvalue weighted by Gasteiger charge is -2.12. The highest BCUT2D eigenvalue weighted by Gasteiger charge is 2.12. The second kappa shape index (κ2) is 6.70. The molecule has 1 aromatic heterocycles. The van der Waals surface area contributed by atoms with Gasteiger partial charge >= 0.3 is 0 Å². The second-order valence-corrected chi connectivity index (χ2v) is 4.84. The van der Waals surface area contributed by atoms with E-state index in [9.17, 15) is 4.79 Å². The molecule has 0 radical (unpaired) electrons. The maximum absolute atomic E-state index is 12.0. The Morgan fingerprint density at radius 3 is 2.52 bits per heavy atom. The number of methoxy groups -OCH3 is 1. The van der Waals surface area contributed by atoms with Gasteiger partial charge < -0.3 is 19.8 Å². The Kier molecular flexibility index (Phi) is 4.29. The molecule has 3 aromatic rings. The van der Waals surface area contributed by atoms with Gasteiger partial charge in [0.25, 0.3) is 5.91 Å². The van der Waals surface area contributed by atoms with Crippen LogP contribution in [0.3, 0.4) is 0 Å². The maximum Gasteiger partial charge on any atom is 0.291 e. The van der Waals surface area contributed by atoms with Gasteiger partial charge in [-0.1, -0.05) is 18.2 Å². The SMILES string of the molecule is COc1cc(Nc2ccccc2)ccc1NC(=O)c1ccco1. The number of para-hydroxylation sites is 1. The van der Waals surface area contributed by atoms with E-state index in [1.54, 1.807) is 25.3 Å². The molecule has 0 aliphatic heterocycles. The molecule has 116 valence electrons. The maximum atomic E-state index is 12.0. The van der Waals surface area contributed by atoms with Gasteiger partial charge in [-0.25, -0.2) is 0 Å². The first-order valence-corrected chi connectivity index (χ1v) is 7.11. The predicted octanol–water partition coefficient (Wildman–Crippen LogP) is 4.28. The molecule has 1 amide bonds. The molecule has 0 fully saturated rings. The van der Waals surface area contributed by atoms with Crippen LogP contribution in [0.2, 0.25) is 0 Å². The van der Waals surface area contributed by atoms with Gasteiger partial charge in [0.2, 0.25) is 0 Å². The standard InChI is InChI=1S/C18H16N2O3/c1-22-17-12-14(19-13-6-3-2-4-7-13)9-10-15(17)20-18(21)16-8-5-11-23-16/h2-12,19H,1H3,(H,20,21). The fraction of sp³-hybridized carbons (Fsp3) is 0.0556. The Labute approximate surface area is 133 Å². The minimum absolute atomic E-state index is 0.249. The number of hydrogen-bond acceptors (Lipinski definition) is 4. The lowest BCUT2D eigenvalue weighted by atomic mass is 10.2. The summed E-state index contributed by atoms with van der Waals surface area (Å²) >= 11 is 0. The number of carbonyl (C=O) groups is 1. The molecule has 0 unspecified atom stereocenters. The van der Waals surface area contributed by atoms with Crippen molar-refractivity contribution >= 4 is 23.0 Å². The Morgan fingerprint density at radius 1 is 1.00 bits per heavy atom. The highest BCUT2D eigenvalue weighted by atomic mass is 16.5. The molecule has 1 heterocycles. The molecule has 0 spiro atoms. The number of rotatable bonds is 5. The van der Waals surface area contributed by atoms with E-state index < -0.39 is 0 Å². The highest BCUT2D eigenvalue weighted by molar-refractivity contribution is 6.03. The van der Waals surface area contributed by atoms with E-state index in [2.05, 4.69) is 10.6 Å². The predicted molar refractivity (Wildman–Crippen MR) is 89.4 cm³/mol. The molecular formula is C18H16N2O3. The molecule has 0 aliphatic rings. The van der Waals surface area contributed by atoms with E-state index in [4.69, 9.17) is 9.15 Å². The van der Waals surface area contributed by atoms with Crippen LogP contribution >= 0.6 is 0 Å². The summed E-state index contributed by atoms with van der Waals surface area (Å²) in [6, 6.07) is 18.6. The Bertz CT molecular complexity index is 783. The Morgan fingerprint density at radius 2 is 1.83 bits per heavy atom. The van der Waals surface area contributed by atoms with Crippen LogP contribution < -0.4 is 15.4 Å². The van der Waals surface area contributed by atoms with Crippen LogP contribution in [0, 0.1) is 0 Å². The van der Waals surface area contributed by atoms with Crippen molar-refractivity contribution in [1.29, 1.82) is 0 Å². The van der Waals surface area contributed by atoms with Crippen LogP contribution in [-0.4, -0.2) is 13.0 Å². The summed E-state index contributed by atoms with van der Waals surface area (Å²) < 4.78 is 10.4. The molecule has 0 atom stereocenters. The minimum atomic E-state index is -0.322. The van der Waals surface area contributed by atoms with Gasteiger partial charge in [0.15, 0.2) is 5.76 Å². The number of hydrogen-bond donors (Lipinski definition) is 2. The monoisotopic (exact) mass is 308 g/mol. The van der Waals surface area contributed by atoms with E-state index in [-0.39, 0.29) is 11.7 Å². The lowest BCUT2D eigenvalue weighted by Crippen LogP contribution is -2.11. The molecule has 2 aromatic carbocycles. The van der Waals surface area contributed by atoms with Crippen molar-refractivity contribution in [3.8, 4) is 5.75 Å². The van der Waals surface area contributed by atoms with Gasteiger partial charge in [-0.3, -0.25) is 4.79 Å². The summed E-state index contributed by atoms with van der Waals surface area (Å²) in [6.07, 6.45) is 1.46. The van der Waals surface area contributed by atoms with Crippen molar-refractivity contribution in [2.24, 2.45) is 0 Å². The van der Waals surface area contributed by atoms with Gasteiger partial charge in [-0.05, 0) is 36.4 Å². The van der Waals surface area contributed by atoms with Crippen molar-refractivity contribution in [2.75, 3.05) is 17.7 Å². The van der Waals surface area contributed by atoms with Gasteiger partial charge in [0.05, 0.1) is 19.1 Å². The zero-order valence-corrected chi connectivity index (χ0v) is 12.6. The number of benzene rings is 2. The average Bonchev–Trinajstić information content (AvgIpc) is 3.12. The quantitative estimate of drug-likeness (QED) is 0.738. The molecule has 5 heteroatoms.